The molecule has 4 heteroatoms. The van der Waals surface area contributed by atoms with Gasteiger partial charge in [0.25, 0.3) is 0 Å². The van der Waals surface area contributed by atoms with Gasteiger partial charge in [0.1, 0.15) is 5.82 Å². The SMILES string of the molecule is CC1CCN(c2ccc(NC(=O)CCc3ccc(F)cc3)cc2)C1. The number of aryl methyl sites for hydroxylation is 1. The maximum Gasteiger partial charge on any atom is 0.224 e. The second kappa shape index (κ2) is 7.47. The van der Waals surface area contributed by atoms with Gasteiger partial charge in [-0.15, -0.1) is 0 Å². The molecule has 1 saturated heterocycles. The molecule has 0 aromatic heterocycles. The summed E-state index contributed by atoms with van der Waals surface area (Å²) < 4.78 is 12.9. The first kappa shape index (κ1) is 16.5. The lowest BCUT2D eigenvalue weighted by molar-refractivity contribution is -0.116. The van der Waals surface area contributed by atoms with Gasteiger partial charge in [-0.05, 0) is 60.7 Å². The van der Waals surface area contributed by atoms with Crippen LogP contribution in [-0.2, 0) is 11.2 Å². The summed E-state index contributed by atoms with van der Waals surface area (Å²) >= 11 is 0. The van der Waals surface area contributed by atoms with Crippen LogP contribution in [0.25, 0.3) is 0 Å². The highest BCUT2D eigenvalue weighted by Gasteiger charge is 2.18. The third kappa shape index (κ3) is 4.34. The maximum absolute atomic E-state index is 12.9. The first-order chi connectivity index (χ1) is 11.6. The molecule has 1 heterocycles. The van der Waals surface area contributed by atoms with Gasteiger partial charge in [0.05, 0.1) is 0 Å². The number of halogens is 1. The molecule has 0 bridgehead atoms. The Kier molecular flexibility index (Phi) is 5.14. The van der Waals surface area contributed by atoms with E-state index in [4.69, 9.17) is 0 Å². The molecule has 2 aromatic carbocycles. The number of rotatable bonds is 5. The summed E-state index contributed by atoms with van der Waals surface area (Å²) in [6.45, 7) is 4.48. The van der Waals surface area contributed by atoms with Crippen LogP contribution in [-0.4, -0.2) is 19.0 Å². The molecule has 1 unspecified atom stereocenters. The zero-order valence-corrected chi connectivity index (χ0v) is 14.0. The van der Waals surface area contributed by atoms with Crippen molar-refractivity contribution in [2.24, 2.45) is 5.92 Å². The Morgan fingerprint density at radius 1 is 1.17 bits per heavy atom. The predicted molar refractivity (Wildman–Crippen MR) is 95.8 cm³/mol. The summed E-state index contributed by atoms with van der Waals surface area (Å²) in [5.74, 6) is 0.466. The van der Waals surface area contributed by atoms with Crippen molar-refractivity contribution in [1.82, 2.24) is 0 Å². The molecule has 3 rings (SSSR count). The van der Waals surface area contributed by atoms with Crippen LogP contribution in [0.15, 0.2) is 48.5 Å². The molecule has 1 atom stereocenters. The van der Waals surface area contributed by atoms with Gasteiger partial charge in [-0.2, -0.15) is 0 Å². The molecule has 1 amide bonds. The van der Waals surface area contributed by atoms with Gasteiger partial charge < -0.3 is 10.2 Å². The summed E-state index contributed by atoms with van der Waals surface area (Å²) in [6.07, 6.45) is 2.23. The van der Waals surface area contributed by atoms with Crippen LogP contribution in [0, 0.1) is 11.7 Å². The number of nitrogens with zero attached hydrogens (tertiary/aromatic N) is 1. The number of carbonyl (C=O) groups excluding carboxylic acids is 1. The molecule has 0 aliphatic carbocycles. The fourth-order valence-corrected chi connectivity index (χ4v) is 3.06. The van der Waals surface area contributed by atoms with E-state index in [2.05, 4.69) is 29.3 Å². The first-order valence-electron chi connectivity index (χ1n) is 8.49. The van der Waals surface area contributed by atoms with Crippen LogP contribution in [0.1, 0.15) is 25.3 Å². The van der Waals surface area contributed by atoms with E-state index in [0.717, 1.165) is 30.3 Å². The van der Waals surface area contributed by atoms with E-state index in [1.165, 1.54) is 24.2 Å². The number of nitrogens with one attached hydrogen (secondary N) is 1. The topological polar surface area (TPSA) is 32.3 Å². The smallest absolute Gasteiger partial charge is 0.224 e. The van der Waals surface area contributed by atoms with E-state index in [1.807, 2.05) is 12.1 Å². The Morgan fingerprint density at radius 2 is 1.88 bits per heavy atom. The summed E-state index contributed by atoms with van der Waals surface area (Å²) in [5.41, 5.74) is 2.99. The normalized spacial score (nSPS) is 17.1. The monoisotopic (exact) mass is 326 g/mol. The number of benzene rings is 2. The first-order valence-corrected chi connectivity index (χ1v) is 8.49. The second-order valence-corrected chi connectivity index (χ2v) is 6.56. The van der Waals surface area contributed by atoms with E-state index < -0.39 is 0 Å². The van der Waals surface area contributed by atoms with E-state index in [-0.39, 0.29) is 11.7 Å². The summed E-state index contributed by atoms with van der Waals surface area (Å²) in [4.78, 5) is 14.4. The average molecular weight is 326 g/mol. The average Bonchev–Trinajstić information content (AvgIpc) is 3.01. The molecular weight excluding hydrogens is 303 g/mol. The van der Waals surface area contributed by atoms with E-state index >= 15 is 0 Å². The molecule has 1 aliphatic heterocycles. The van der Waals surface area contributed by atoms with Crippen molar-refractivity contribution in [1.29, 1.82) is 0 Å². The minimum atomic E-state index is -0.254. The number of hydrogen-bond acceptors (Lipinski definition) is 2. The summed E-state index contributed by atoms with van der Waals surface area (Å²) in [7, 11) is 0. The van der Waals surface area contributed by atoms with Crippen LogP contribution in [0.2, 0.25) is 0 Å². The van der Waals surface area contributed by atoms with Crippen molar-refractivity contribution in [2.45, 2.75) is 26.2 Å². The molecular formula is C20H23FN2O. The summed E-state index contributed by atoms with van der Waals surface area (Å²) in [5, 5.41) is 2.92. The fourth-order valence-electron chi connectivity index (χ4n) is 3.06. The van der Waals surface area contributed by atoms with Crippen LogP contribution < -0.4 is 10.2 Å². The highest BCUT2D eigenvalue weighted by Crippen LogP contribution is 2.24. The standard InChI is InChI=1S/C20H23FN2O/c1-15-12-13-23(14-15)19-9-7-18(8-10-19)22-20(24)11-4-16-2-5-17(21)6-3-16/h2-3,5-10,15H,4,11-14H2,1H3,(H,22,24). The minimum absolute atomic E-state index is 0.0260. The van der Waals surface area contributed by atoms with Crippen molar-refractivity contribution in [2.75, 3.05) is 23.3 Å². The molecule has 0 spiro atoms. The zero-order chi connectivity index (χ0) is 16.9. The number of hydrogen-bond donors (Lipinski definition) is 1. The van der Waals surface area contributed by atoms with Crippen LogP contribution in [0.5, 0.6) is 0 Å². The zero-order valence-electron chi connectivity index (χ0n) is 14.0. The highest BCUT2D eigenvalue weighted by atomic mass is 19.1. The van der Waals surface area contributed by atoms with Gasteiger partial charge in [-0.1, -0.05) is 19.1 Å². The van der Waals surface area contributed by atoms with Gasteiger partial charge in [-0.25, -0.2) is 4.39 Å². The van der Waals surface area contributed by atoms with Gasteiger partial charge in [0.15, 0.2) is 0 Å². The molecule has 1 fully saturated rings. The Morgan fingerprint density at radius 3 is 2.50 bits per heavy atom. The largest absolute Gasteiger partial charge is 0.371 e. The Hall–Kier alpha value is -2.36. The molecule has 1 aliphatic rings. The molecule has 2 aromatic rings. The Labute approximate surface area is 142 Å². The molecule has 24 heavy (non-hydrogen) atoms. The molecule has 0 saturated carbocycles. The lowest BCUT2D eigenvalue weighted by Crippen LogP contribution is -2.19. The third-order valence-electron chi connectivity index (χ3n) is 4.49. The molecule has 126 valence electrons. The van der Waals surface area contributed by atoms with Crippen LogP contribution >= 0.6 is 0 Å². The van der Waals surface area contributed by atoms with Crippen molar-refractivity contribution in [3.63, 3.8) is 0 Å². The number of anilines is 2. The Balaban J connectivity index is 1.50. The lowest BCUT2D eigenvalue weighted by atomic mass is 10.1. The highest BCUT2D eigenvalue weighted by molar-refractivity contribution is 5.91. The van der Waals surface area contributed by atoms with E-state index in [9.17, 15) is 9.18 Å². The van der Waals surface area contributed by atoms with E-state index in [1.54, 1.807) is 12.1 Å². The fraction of sp³-hybridized carbons (Fsp3) is 0.350. The number of carbonyl (C=O) groups is 1. The predicted octanol–water partition coefficient (Wildman–Crippen LogP) is 4.24. The van der Waals surface area contributed by atoms with E-state index in [0.29, 0.717) is 12.8 Å². The van der Waals surface area contributed by atoms with Crippen LogP contribution in [0.3, 0.4) is 0 Å². The van der Waals surface area contributed by atoms with Crippen LogP contribution in [0.4, 0.5) is 15.8 Å². The van der Waals surface area contributed by atoms with Gasteiger partial charge in [-0.3, -0.25) is 4.79 Å². The minimum Gasteiger partial charge on any atom is -0.371 e. The van der Waals surface area contributed by atoms with Crippen molar-refractivity contribution < 1.29 is 9.18 Å². The maximum atomic E-state index is 12.9. The third-order valence-corrected chi connectivity index (χ3v) is 4.49. The number of amides is 1. The Bertz CT molecular complexity index is 682. The van der Waals surface area contributed by atoms with Crippen molar-refractivity contribution in [3.8, 4) is 0 Å². The summed E-state index contributed by atoms with van der Waals surface area (Å²) in [6, 6.07) is 14.3. The van der Waals surface area contributed by atoms with Gasteiger partial charge >= 0.3 is 0 Å². The van der Waals surface area contributed by atoms with Crippen molar-refractivity contribution >= 4 is 17.3 Å². The molecule has 1 N–H and O–H groups in total. The quantitative estimate of drug-likeness (QED) is 0.891. The lowest BCUT2D eigenvalue weighted by Gasteiger charge is -2.18. The van der Waals surface area contributed by atoms with Crippen molar-refractivity contribution in [3.05, 3.63) is 59.9 Å². The van der Waals surface area contributed by atoms with Gasteiger partial charge in [0, 0.05) is 30.9 Å². The molecule has 0 radical (unpaired) electrons. The molecule has 3 nitrogen and oxygen atoms in total. The second-order valence-electron chi connectivity index (χ2n) is 6.56. The van der Waals surface area contributed by atoms with Gasteiger partial charge in [0.2, 0.25) is 5.91 Å².